The van der Waals surface area contributed by atoms with Crippen molar-refractivity contribution in [2.45, 2.75) is 84.3 Å². The van der Waals surface area contributed by atoms with E-state index in [1.54, 1.807) is 0 Å². The topological polar surface area (TPSA) is 35.9 Å². The summed E-state index contributed by atoms with van der Waals surface area (Å²) in [6.07, 6.45) is 6.78. The van der Waals surface area contributed by atoms with E-state index in [9.17, 15) is 4.79 Å². The van der Waals surface area contributed by atoms with Gasteiger partial charge < -0.3 is 0 Å². The number of amides is 2. The van der Waals surface area contributed by atoms with E-state index < -0.39 is 0 Å². The van der Waals surface area contributed by atoms with Gasteiger partial charge in [-0.2, -0.15) is 0 Å². The van der Waals surface area contributed by atoms with Crippen LogP contribution < -0.4 is 4.90 Å². The zero-order chi connectivity index (χ0) is 20.8. The number of aliphatic imine (C=N–C) groups is 1. The van der Waals surface area contributed by atoms with Gasteiger partial charge >= 0.3 is 6.03 Å². The van der Waals surface area contributed by atoms with Crippen LogP contribution in [0.15, 0.2) is 47.1 Å². The first-order valence-electron chi connectivity index (χ1n) is 11.1. The standard InChI is InChI=1S/C25H33N3O/c1-22(2,3)18-16-24-14-10-11-15-25(24)20(19(26-24)23(4,5)6)27(21(29)28(18)25)17-12-8-7-9-13-17/h7-9,12-13,16,20H,10-11,14-15H2,1-6H3/t20-,24-,25-/m0/s1. The normalized spacial score (nSPS) is 33.6. The fraction of sp³-hybridized carbons (Fsp3) is 0.600. The zero-order valence-corrected chi connectivity index (χ0v) is 18.6. The maximum atomic E-state index is 14.1. The van der Waals surface area contributed by atoms with E-state index >= 15 is 0 Å². The Kier molecular flexibility index (Phi) is 3.60. The average Bonchev–Trinajstić information content (AvgIpc) is 3.20. The second-order valence-electron chi connectivity index (χ2n) is 11.3. The van der Waals surface area contributed by atoms with Crippen LogP contribution in [-0.2, 0) is 0 Å². The summed E-state index contributed by atoms with van der Waals surface area (Å²) in [6.45, 7) is 13.4. The molecule has 1 aliphatic carbocycles. The monoisotopic (exact) mass is 391 g/mol. The lowest BCUT2D eigenvalue weighted by molar-refractivity contribution is 0.102. The Bertz CT molecular complexity index is 933. The summed E-state index contributed by atoms with van der Waals surface area (Å²) in [7, 11) is 0. The summed E-state index contributed by atoms with van der Waals surface area (Å²) in [4.78, 5) is 23.9. The number of benzene rings is 1. The number of urea groups is 1. The molecule has 1 spiro atoms. The van der Waals surface area contributed by atoms with Gasteiger partial charge in [-0.1, -0.05) is 72.6 Å². The maximum Gasteiger partial charge on any atom is 0.330 e. The molecular weight excluding hydrogens is 358 g/mol. The first-order valence-corrected chi connectivity index (χ1v) is 11.1. The molecule has 154 valence electrons. The molecule has 1 saturated heterocycles. The van der Waals surface area contributed by atoms with Crippen LogP contribution in [0.4, 0.5) is 10.5 Å². The number of rotatable bonds is 1. The van der Waals surface area contributed by atoms with Gasteiger partial charge in [0.15, 0.2) is 0 Å². The van der Waals surface area contributed by atoms with Crippen molar-refractivity contribution < 1.29 is 4.79 Å². The van der Waals surface area contributed by atoms with Crippen LogP contribution in [0.5, 0.6) is 0 Å². The van der Waals surface area contributed by atoms with E-state index in [1.165, 1.54) is 12.1 Å². The van der Waals surface area contributed by atoms with Crippen LogP contribution >= 0.6 is 0 Å². The Labute approximate surface area is 174 Å². The summed E-state index contributed by atoms with van der Waals surface area (Å²) < 4.78 is 0. The van der Waals surface area contributed by atoms with Crippen molar-refractivity contribution in [3.8, 4) is 0 Å². The van der Waals surface area contributed by atoms with Gasteiger partial charge in [-0.25, -0.2) is 4.79 Å². The van der Waals surface area contributed by atoms with E-state index in [0.717, 1.165) is 30.6 Å². The summed E-state index contributed by atoms with van der Waals surface area (Å²) in [6, 6.07) is 10.3. The summed E-state index contributed by atoms with van der Waals surface area (Å²) in [5, 5.41) is 0. The SMILES string of the molecule is CC(C)(C)C1=C[C@@]23CCCC[C@]24[C@H](C(C(C)(C)C)=N3)N(c2ccccc2)C(=O)N14. The lowest BCUT2D eigenvalue weighted by Crippen LogP contribution is -2.62. The van der Waals surface area contributed by atoms with Crippen molar-refractivity contribution in [3.05, 3.63) is 42.1 Å². The van der Waals surface area contributed by atoms with Gasteiger partial charge in [0, 0.05) is 27.9 Å². The van der Waals surface area contributed by atoms with Crippen LogP contribution in [0.2, 0.25) is 0 Å². The number of carbonyl (C=O) groups excluding carboxylic acids is 1. The third-order valence-corrected chi connectivity index (χ3v) is 7.39. The molecule has 0 bridgehead atoms. The molecule has 4 aliphatic rings. The molecule has 3 aliphatic heterocycles. The summed E-state index contributed by atoms with van der Waals surface area (Å²) in [5.41, 5.74) is 2.59. The van der Waals surface area contributed by atoms with E-state index in [-0.39, 0.29) is 34.0 Å². The second kappa shape index (κ2) is 5.53. The van der Waals surface area contributed by atoms with Crippen molar-refractivity contribution in [3.63, 3.8) is 0 Å². The quantitative estimate of drug-likeness (QED) is 0.596. The minimum atomic E-state index is -0.277. The number of anilines is 1. The predicted octanol–water partition coefficient (Wildman–Crippen LogP) is 5.79. The predicted molar refractivity (Wildman–Crippen MR) is 118 cm³/mol. The van der Waals surface area contributed by atoms with E-state index in [0.29, 0.717) is 0 Å². The lowest BCUT2D eigenvalue weighted by Gasteiger charge is -2.46. The molecular formula is C25H33N3O. The second-order valence-corrected chi connectivity index (χ2v) is 11.3. The molecule has 4 heteroatoms. The van der Waals surface area contributed by atoms with Crippen LogP contribution in [0, 0.1) is 10.8 Å². The van der Waals surface area contributed by atoms with Gasteiger partial charge in [0.1, 0.15) is 17.1 Å². The minimum absolute atomic E-state index is 0.00574. The van der Waals surface area contributed by atoms with Gasteiger partial charge in [0.25, 0.3) is 0 Å². The molecule has 5 rings (SSSR count). The molecule has 2 amide bonds. The highest BCUT2D eigenvalue weighted by Gasteiger charge is 2.76. The smallest absolute Gasteiger partial charge is 0.286 e. The molecule has 4 nitrogen and oxygen atoms in total. The average molecular weight is 392 g/mol. The molecule has 2 fully saturated rings. The lowest BCUT2D eigenvalue weighted by atomic mass is 9.65. The molecule has 0 radical (unpaired) electrons. The molecule has 3 atom stereocenters. The molecule has 1 aromatic rings. The van der Waals surface area contributed by atoms with Gasteiger partial charge in [-0.3, -0.25) is 14.8 Å². The number of nitrogens with zero attached hydrogens (tertiary/aromatic N) is 3. The van der Waals surface area contributed by atoms with E-state index in [1.807, 2.05) is 18.2 Å². The number of hydrogen-bond acceptors (Lipinski definition) is 2. The largest absolute Gasteiger partial charge is 0.330 e. The molecule has 29 heavy (non-hydrogen) atoms. The fourth-order valence-electron chi connectivity index (χ4n) is 6.22. The van der Waals surface area contributed by atoms with Gasteiger partial charge in [0.05, 0.1) is 0 Å². The summed E-state index contributed by atoms with van der Waals surface area (Å²) in [5.74, 6) is 0. The number of para-hydroxylation sites is 1. The number of allylic oxidation sites excluding steroid dienone is 1. The Balaban J connectivity index is 1.81. The first kappa shape index (κ1) is 18.9. The van der Waals surface area contributed by atoms with E-state index in [4.69, 9.17) is 4.99 Å². The Morgan fingerprint density at radius 1 is 0.966 bits per heavy atom. The molecule has 1 saturated carbocycles. The molecule has 0 aromatic heterocycles. The van der Waals surface area contributed by atoms with Crippen molar-refractivity contribution in [1.29, 1.82) is 0 Å². The molecule has 0 N–H and O–H groups in total. The van der Waals surface area contributed by atoms with Gasteiger partial charge in [0.2, 0.25) is 0 Å². The minimum Gasteiger partial charge on any atom is -0.286 e. The van der Waals surface area contributed by atoms with Gasteiger partial charge in [-0.15, -0.1) is 0 Å². The number of hydrogen-bond donors (Lipinski definition) is 0. The first-order chi connectivity index (χ1) is 13.5. The highest BCUT2D eigenvalue weighted by Crippen LogP contribution is 2.64. The maximum absolute atomic E-state index is 14.1. The summed E-state index contributed by atoms with van der Waals surface area (Å²) >= 11 is 0. The van der Waals surface area contributed by atoms with Crippen molar-refractivity contribution in [1.82, 2.24) is 4.90 Å². The molecule has 0 unspecified atom stereocenters. The van der Waals surface area contributed by atoms with Crippen molar-refractivity contribution >= 4 is 17.4 Å². The third kappa shape index (κ3) is 2.21. The van der Waals surface area contributed by atoms with Crippen molar-refractivity contribution in [2.24, 2.45) is 15.8 Å². The fourth-order valence-corrected chi connectivity index (χ4v) is 6.22. The van der Waals surface area contributed by atoms with Crippen LogP contribution in [-0.4, -0.2) is 33.8 Å². The highest BCUT2D eigenvalue weighted by atomic mass is 16.2. The Hall–Kier alpha value is -2.10. The number of carbonyl (C=O) groups is 1. The Morgan fingerprint density at radius 3 is 2.24 bits per heavy atom. The van der Waals surface area contributed by atoms with Crippen LogP contribution in [0.3, 0.4) is 0 Å². The van der Waals surface area contributed by atoms with Crippen LogP contribution in [0.1, 0.15) is 67.2 Å². The van der Waals surface area contributed by atoms with Gasteiger partial charge in [-0.05, 0) is 31.1 Å². The zero-order valence-electron chi connectivity index (χ0n) is 18.6. The Morgan fingerprint density at radius 2 is 1.62 bits per heavy atom. The van der Waals surface area contributed by atoms with Crippen LogP contribution in [0.25, 0.3) is 0 Å². The van der Waals surface area contributed by atoms with Crippen molar-refractivity contribution in [2.75, 3.05) is 4.90 Å². The van der Waals surface area contributed by atoms with E-state index in [2.05, 4.69) is 69.6 Å². The molecule has 1 aromatic carbocycles. The molecule has 3 heterocycles. The third-order valence-electron chi connectivity index (χ3n) is 7.39. The highest BCUT2D eigenvalue weighted by molar-refractivity contribution is 6.12.